The molecule has 1 N–H and O–H groups in total. The lowest BCUT2D eigenvalue weighted by Crippen LogP contribution is -2.47. The minimum atomic E-state index is -4.44. The normalized spacial score (nSPS) is 11.7. The van der Waals surface area contributed by atoms with Gasteiger partial charge in [-0.3, -0.25) is 0 Å². The van der Waals surface area contributed by atoms with Crippen molar-refractivity contribution in [1.82, 2.24) is 0 Å². The molecule has 0 saturated heterocycles. The van der Waals surface area contributed by atoms with E-state index in [1.807, 2.05) is 0 Å². The summed E-state index contributed by atoms with van der Waals surface area (Å²) in [5.74, 6) is -1.23. The first-order chi connectivity index (χ1) is 23.0. The van der Waals surface area contributed by atoms with Crippen LogP contribution in [-0.2, 0) is 32.9 Å². The monoisotopic (exact) mass is 689 g/mol. The number of unbranched alkanes of at least 4 members (excludes halogenated alkanes) is 28. The molecule has 0 unspecified atom stereocenters. The summed E-state index contributed by atoms with van der Waals surface area (Å²) in [5.41, 5.74) is 0. The van der Waals surface area contributed by atoms with Gasteiger partial charge in [0.15, 0.2) is 0 Å². The molecule has 0 saturated carbocycles. The lowest BCUT2D eigenvalue weighted by atomic mass is 10.0. The van der Waals surface area contributed by atoms with E-state index in [0.717, 1.165) is 25.7 Å². The minimum Gasteiger partial charge on any atom is -0.364 e. The Morgan fingerprint density at radius 2 is 0.638 bits per heavy atom. The SMILES string of the molecule is CCCCCCCCCCCCCCCCCC(=O)OO[Si](O)(OCC)OOC(=O)CCCCCCCCCCCCCCCCC. The summed E-state index contributed by atoms with van der Waals surface area (Å²) in [6.07, 6.45) is 37.7. The van der Waals surface area contributed by atoms with E-state index in [-0.39, 0.29) is 19.4 Å². The van der Waals surface area contributed by atoms with E-state index in [1.165, 1.54) is 154 Å². The molecule has 47 heavy (non-hydrogen) atoms. The number of hydrogen-bond donors (Lipinski definition) is 1. The molecule has 9 heteroatoms. The topological polar surface area (TPSA) is 101 Å². The van der Waals surface area contributed by atoms with Gasteiger partial charge in [-0.2, -0.15) is 0 Å². The summed E-state index contributed by atoms with van der Waals surface area (Å²) in [6, 6.07) is 0. The zero-order valence-corrected chi connectivity index (χ0v) is 32.1. The second-order valence-electron chi connectivity index (χ2n) is 13.4. The van der Waals surface area contributed by atoms with Crippen LogP contribution in [0.4, 0.5) is 0 Å². The third-order valence-electron chi connectivity index (χ3n) is 8.78. The Bertz CT molecular complexity index is 628. The van der Waals surface area contributed by atoms with Crippen molar-refractivity contribution in [2.75, 3.05) is 6.61 Å². The van der Waals surface area contributed by atoms with Gasteiger partial charge in [-0.05, 0) is 19.8 Å². The van der Waals surface area contributed by atoms with E-state index in [1.54, 1.807) is 6.92 Å². The fraction of sp³-hybridized carbons (Fsp3) is 0.947. The van der Waals surface area contributed by atoms with Crippen LogP contribution in [0.25, 0.3) is 0 Å². The first kappa shape index (κ1) is 46.0. The van der Waals surface area contributed by atoms with Crippen molar-refractivity contribution >= 4 is 21.0 Å². The Hall–Kier alpha value is -1.00. The van der Waals surface area contributed by atoms with E-state index in [4.69, 9.17) is 23.4 Å². The van der Waals surface area contributed by atoms with Gasteiger partial charge in [0.1, 0.15) is 0 Å². The van der Waals surface area contributed by atoms with Crippen LogP contribution in [0.3, 0.4) is 0 Å². The molecule has 0 aliphatic heterocycles. The lowest BCUT2D eigenvalue weighted by molar-refractivity contribution is -0.308. The first-order valence-corrected chi connectivity index (χ1v) is 21.8. The van der Waals surface area contributed by atoms with E-state index < -0.39 is 21.0 Å². The van der Waals surface area contributed by atoms with Gasteiger partial charge in [-0.15, -0.1) is 9.15 Å². The Morgan fingerprint density at radius 3 is 0.872 bits per heavy atom. The Kier molecular flexibility index (Phi) is 35.5. The maximum Gasteiger partial charge on any atom is 0.752 e. The summed E-state index contributed by atoms with van der Waals surface area (Å²) in [5, 5.41) is 0. The third kappa shape index (κ3) is 34.7. The smallest absolute Gasteiger partial charge is 0.364 e. The van der Waals surface area contributed by atoms with Crippen LogP contribution >= 0.6 is 0 Å². The van der Waals surface area contributed by atoms with Crippen LogP contribution in [0.15, 0.2) is 0 Å². The van der Waals surface area contributed by atoms with Gasteiger partial charge in [0.05, 0.1) is 0 Å². The second-order valence-corrected chi connectivity index (χ2v) is 15.1. The summed E-state index contributed by atoms with van der Waals surface area (Å²) < 4.78 is 14.7. The highest BCUT2D eigenvalue weighted by Crippen LogP contribution is 2.16. The van der Waals surface area contributed by atoms with E-state index in [9.17, 15) is 14.4 Å². The van der Waals surface area contributed by atoms with Gasteiger partial charge < -0.3 is 19.0 Å². The quantitative estimate of drug-likeness (QED) is 0.0296. The zero-order valence-electron chi connectivity index (χ0n) is 31.1. The third-order valence-corrected chi connectivity index (χ3v) is 10.0. The van der Waals surface area contributed by atoms with Crippen LogP contribution in [0.1, 0.15) is 226 Å². The summed E-state index contributed by atoms with van der Waals surface area (Å²) in [6.45, 7) is 6.18. The van der Waals surface area contributed by atoms with Crippen LogP contribution in [-0.4, -0.2) is 32.4 Å². The molecule has 280 valence electrons. The zero-order chi connectivity index (χ0) is 34.5. The van der Waals surface area contributed by atoms with Crippen molar-refractivity contribution in [3.8, 4) is 0 Å². The number of rotatable bonds is 38. The molecule has 0 amide bonds. The van der Waals surface area contributed by atoms with Gasteiger partial charge in [0.25, 0.3) is 0 Å². The van der Waals surface area contributed by atoms with Crippen molar-refractivity contribution in [3.63, 3.8) is 0 Å². The molecule has 0 radical (unpaired) electrons. The molecule has 0 heterocycles. The molecule has 0 atom stereocenters. The minimum absolute atomic E-state index is 0.0376. The fourth-order valence-corrected chi connectivity index (χ4v) is 6.69. The van der Waals surface area contributed by atoms with Crippen molar-refractivity contribution in [1.29, 1.82) is 0 Å². The molecule has 0 aromatic heterocycles. The second kappa shape index (κ2) is 36.3. The number of carbonyl (C=O) groups is 2. The average molecular weight is 689 g/mol. The predicted octanol–water partition coefficient (Wildman–Crippen LogP) is 11.9. The molecule has 0 bridgehead atoms. The molecule has 0 spiro atoms. The molecular formula is C38H76O8Si. The number of carbonyl (C=O) groups excluding carboxylic acids is 2. The molecule has 0 aromatic carbocycles. The lowest BCUT2D eigenvalue weighted by Gasteiger charge is -2.18. The number of hydrogen-bond acceptors (Lipinski definition) is 8. The standard InChI is InChI=1S/C38H76O8Si/c1-4-7-9-11-13-15-17-19-21-23-25-27-29-31-33-35-37(39)43-45-47(41,42-6-3)46-44-38(40)36-34-32-30-28-26-24-22-20-18-16-14-12-10-8-5-2/h41H,4-36H2,1-3H3. The van der Waals surface area contributed by atoms with E-state index in [2.05, 4.69) is 13.8 Å². The van der Waals surface area contributed by atoms with Crippen LogP contribution in [0, 0.1) is 0 Å². The molecular weight excluding hydrogens is 612 g/mol. The molecule has 0 aliphatic rings. The average Bonchev–Trinajstić information content (AvgIpc) is 3.06. The van der Waals surface area contributed by atoms with Crippen molar-refractivity contribution in [2.45, 2.75) is 226 Å². The Balaban J connectivity index is 3.71. The van der Waals surface area contributed by atoms with Gasteiger partial charge in [-0.25, -0.2) is 9.59 Å². The predicted molar refractivity (Wildman–Crippen MR) is 193 cm³/mol. The summed E-state index contributed by atoms with van der Waals surface area (Å²) >= 11 is 0. The molecule has 0 aromatic rings. The summed E-state index contributed by atoms with van der Waals surface area (Å²) in [4.78, 5) is 44.1. The molecule has 8 nitrogen and oxygen atoms in total. The van der Waals surface area contributed by atoms with Crippen LogP contribution < -0.4 is 0 Å². The molecule has 0 rings (SSSR count). The maximum absolute atomic E-state index is 12.1. The van der Waals surface area contributed by atoms with Gasteiger partial charge >= 0.3 is 21.0 Å². The van der Waals surface area contributed by atoms with E-state index >= 15 is 0 Å². The first-order valence-electron chi connectivity index (χ1n) is 20.1. The largest absolute Gasteiger partial charge is 0.752 e. The maximum atomic E-state index is 12.1. The van der Waals surface area contributed by atoms with Gasteiger partial charge in [0.2, 0.25) is 0 Å². The highest BCUT2D eigenvalue weighted by molar-refractivity contribution is 6.51. The van der Waals surface area contributed by atoms with Gasteiger partial charge in [0, 0.05) is 19.4 Å². The highest BCUT2D eigenvalue weighted by Gasteiger charge is 2.48. The highest BCUT2D eigenvalue weighted by atomic mass is 28.4. The molecule has 0 aliphatic carbocycles. The Morgan fingerprint density at radius 1 is 0.404 bits per heavy atom. The van der Waals surface area contributed by atoms with Crippen LogP contribution in [0.2, 0.25) is 0 Å². The van der Waals surface area contributed by atoms with Crippen molar-refractivity contribution in [2.24, 2.45) is 0 Å². The van der Waals surface area contributed by atoms with E-state index in [0.29, 0.717) is 12.8 Å². The fourth-order valence-electron chi connectivity index (χ4n) is 5.81. The Labute approximate surface area is 291 Å². The van der Waals surface area contributed by atoms with Gasteiger partial charge in [-0.1, -0.05) is 194 Å². The molecule has 0 fully saturated rings. The van der Waals surface area contributed by atoms with Crippen molar-refractivity contribution in [3.05, 3.63) is 0 Å². The van der Waals surface area contributed by atoms with Crippen molar-refractivity contribution < 1.29 is 37.7 Å². The van der Waals surface area contributed by atoms with Crippen LogP contribution in [0.5, 0.6) is 0 Å². The summed E-state index contributed by atoms with van der Waals surface area (Å²) in [7, 11) is -4.44.